The first kappa shape index (κ1) is 16.8. The smallest absolute Gasteiger partial charge is 0.488 e. The van der Waals surface area contributed by atoms with Gasteiger partial charge in [0.1, 0.15) is 35.9 Å². The molecule has 1 unspecified atom stereocenters. The van der Waals surface area contributed by atoms with Crippen LogP contribution in [0, 0.1) is 17.1 Å². The van der Waals surface area contributed by atoms with Gasteiger partial charge in [-0.3, -0.25) is 0 Å². The molecule has 0 saturated heterocycles. The fourth-order valence-corrected chi connectivity index (χ4v) is 1.39. The maximum Gasteiger partial charge on any atom is 0.509 e. The fraction of sp³-hybridized carbons (Fsp3) is 0.467. The highest BCUT2D eigenvalue weighted by molar-refractivity contribution is 5.60. The Morgan fingerprint density at radius 3 is 2.67 bits per heavy atom. The molecule has 0 N–H and O–H groups in total. The molecule has 0 amide bonds. The van der Waals surface area contributed by atoms with E-state index in [0.717, 1.165) is 6.07 Å². The van der Waals surface area contributed by atoms with Gasteiger partial charge in [-0.25, -0.2) is 9.18 Å². The zero-order valence-electron chi connectivity index (χ0n) is 12.5. The molecule has 21 heavy (non-hydrogen) atoms. The van der Waals surface area contributed by atoms with E-state index in [9.17, 15) is 9.18 Å². The van der Waals surface area contributed by atoms with Crippen molar-refractivity contribution < 1.29 is 23.4 Å². The second kappa shape index (κ2) is 6.93. The van der Waals surface area contributed by atoms with Crippen LogP contribution < -0.4 is 4.74 Å². The van der Waals surface area contributed by atoms with Gasteiger partial charge in [-0.05, 0) is 45.9 Å². The van der Waals surface area contributed by atoms with Gasteiger partial charge in [-0.15, -0.1) is 0 Å². The van der Waals surface area contributed by atoms with Crippen molar-refractivity contribution in [1.82, 2.24) is 0 Å². The lowest BCUT2D eigenvalue weighted by molar-refractivity contribution is -0.0311. The highest BCUT2D eigenvalue weighted by Gasteiger charge is 2.20. The molecule has 0 spiro atoms. The van der Waals surface area contributed by atoms with Gasteiger partial charge in [-0.1, -0.05) is 0 Å². The zero-order valence-corrected chi connectivity index (χ0v) is 12.5. The fourth-order valence-electron chi connectivity index (χ4n) is 1.39. The molecule has 0 bridgehead atoms. The van der Waals surface area contributed by atoms with E-state index in [2.05, 4.69) is 0 Å². The number of benzene rings is 1. The molecule has 5 nitrogen and oxygen atoms in total. The van der Waals surface area contributed by atoms with Gasteiger partial charge < -0.3 is 14.2 Å². The van der Waals surface area contributed by atoms with Crippen LogP contribution in [-0.4, -0.2) is 24.5 Å². The van der Waals surface area contributed by atoms with Crippen LogP contribution in [0.1, 0.15) is 33.3 Å². The van der Waals surface area contributed by atoms with Crippen molar-refractivity contribution in [3.63, 3.8) is 0 Å². The van der Waals surface area contributed by atoms with Crippen molar-refractivity contribution in [3.8, 4) is 11.8 Å². The molecule has 0 aliphatic carbocycles. The predicted octanol–water partition coefficient (Wildman–Crippen LogP) is 3.42. The summed E-state index contributed by atoms with van der Waals surface area (Å²) >= 11 is 0. The maximum absolute atomic E-state index is 13.0. The van der Waals surface area contributed by atoms with Gasteiger partial charge in [0.15, 0.2) is 0 Å². The number of hydrogen-bond donors (Lipinski definition) is 0. The molecule has 1 aromatic carbocycles. The largest absolute Gasteiger partial charge is 0.509 e. The second-order valence-corrected chi connectivity index (χ2v) is 5.46. The number of rotatable bonds is 4. The number of halogens is 1. The Morgan fingerprint density at radius 2 is 2.10 bits per heavy atom. The molecule has 114 valence electrons. The lowest BCUT2D eigenvalue weighted by atomic mass is 10.2. The van der Waals surface area contributed by atoms with Crippen LogP contribution in [0.25, 0.3) is 0 Å². The molecule has 6 heteroatoms. The first-order valence-electron chi connectivity index (χ1n) is 6.43. The van der Waals surface area contributed by atoms with Crippen molar-refractivity contribution in [2.75, 3.05) is 6.61 Å². The van der Waals surface area contributed by atoms with E-state index in [0.29, 0.717) is 0 Å². The summed E-state index contributed by atoms with van der Waals surface area (Å²) in [6, 6.07) is 5.46. The van der Waals surface area contributed by atoms with Crippen LogP contribution in [0.15, 0.2) is 18.2 Å². The van der Waals surface area contributed by atoms with Gasteiger partial charge in [0, 0.05) is 0 Å². The van der Waals surface area contributed by atoms with Gasteiger partial charge >= 0.3 is 6.16 Å². The Labute approximate surface area is 123 Å². The summed E-state index contributed by atoms with van der Waals surface area (Å²) < 4.78 is 28.3. The van der Waals surface area contributed by atoms with Gasteiger partial charge in [0.05, 0.1) is 5.56 Å². The van der Waals surface area contributed by atoms with Crippen LogP contribution >= 0.6 is 0 Å². The SMILES string of the molecule is CC(COc1ccc(F)cc1C#N)OC(=O)OC(C)(C)C. The molecule has 0 saturated carbocycles. The van der Waals surface area contributed by atoms with Crippen LogP contribution in [-0.2, 0) is 9.47 Å². The molecule has 0 fully saturated rings. The summed E-state index contributed by atoms with van der Waals surface area (Å²) in [5.74, 6) is -0.282. The molecule has 0 aliphatic rings. The van der Waals surface area contributed by atoms with E-state index < -0.39 is 23.7 Å². The first-order chi connectivity index (χ1) is 9.71. The van der Waals surface area contributed by atoms with Gasteiger partial charge in [-0.2, -0.15) is 5.26 Å². The first-order valence-corrected chi connectivity index (χ1v) is 6.43. The molecular weight excluding hydrogens is 277 g/mol. The van der Waals surface area contributed by atoms with Gasteiger partial charge in [0.25, 0.3) is 0 Å². The minimum Gasteiger partial charge on any atom is -0.488 e. The molecule has 0 radical (unpaired) electrons. The third-order valence-corrected chi connectivity index (χ3v) is 2.22. The van der Waals surface area contributed by atoms with Gasteiger partial charge in [0.2, 0.25) is 0 Å². The van der Waals surface area contributed by atoms with Crippen molar-refractivity contribution in [1.29, 1.82) is 5.26 Å². The Morgan fingerprint density at radius 1 is 1.43 bits per heavy atom. The van der Waals surface area contributed by atoms with E-state index in [1.54, 1.807) is 27.7 Å². The average molecular weight is 295 g/mol. The monoisotopic (exact) mass is 295 g/mol. The topological polar surface area (TPSA) is 68.5 Å². The van der Waals surface area contributed by atoms with E-state index in [1.165, 1.54) is 12.1 Å². The summed E-state index contributed by atoms with van der Waals surface area (Å²) in [6.07, 6.45) is -1.37. The highest BCUT2D eigenvalue weighted by Crippen LogP contribution is 2.19. The Hall–Kier alpha value is -2.29. The standard InChI is InChI=1S/C15H18FNO4/c1-10(20-14(18)21-15(2,3)4)9-19-13-6-5-12(16)7-11(13)8-17/h5-7,10H,9H2,1-4H3. The number of hydrogen-bond acceptors (Lipinski definition) is 5. The van der Waals surface area contributed by atoms with Crippen LogP contribution in [0.2, 0.25) is 0 Å². The van der Waals surface area contributed by atoms with Crippen LogP contribution in [0.5, 0.6) is 5.75 Å². The summed E-state index contributed by atoms with van der Waals surface area (Å²) in [5.41, 5.74) is -0.553. The number of carbonyl (C=O) groups excluding carboxylic acids is 1. The van der Waals surface area contributed by atoms with Crippen molar-refractivity contribution in [3.05, 3.63) is 29.6 Å². The predicted molar refractivity (Wildman–Crippen MR) is 73.4 cm³/mol. The van der Waals surface area contributed by atoms with Crippen molar-refractivity contribution in [2.24, 2.45) is 0 Å². The summed E-state index contributed by atoms with van der Waals surface area (Å²) in [4.78, 5) is 11.4. The quantitative estimate of drug-likeness (QED) is 0.796. The van der Waals surface area contributed by atoms with Crippen molar-refractivity contribution >= 4 is 6.16 Å². The molecular formula is C15H18FNO4. The number of nitriles is 1. The Balaban J connectivity index is 2.52. The van der Waals surface area contributed by atoms with E-state index in [1.807, 2.05) is 6.07 Å². The summed E-state index contributed by atoms with van der Waals surface area (Å²) in [5, 5.41) is 8.88. The minimum atomic E-state index is -0.793. The van der Waals surface area contributed by atoms with Crippen LogP contribution in [0.4, 0.5) is 9.18 Å². The molecule has 1 atom stereocenters. The summed E-state index contributed by atoms with van der Waals surface area (Å²) in [7, 11) is 0. The maximum atomic E-state index is 13.0. The highest BCUT2D eigenvalue weighted by atomic mass is 19.1. The Kier molecular flexibility index (Phi) is 5.53. The number of ether oxygens (including phenoxy) is 3. The lowest BCUT2D eigenvalue weighted by Gasteiger charge is -2.21. The van der Waals surface area contributed by atoms with E-state index >= 15 is 0 Å². The molecule has 1 rings (SSSR count). The molecule has 0 heterocycles. The van der Waals surface area contributed by atoms with Crippen molar-refractivity contribution in [2.45, 2.75) is 39.4 Å². The minimum absolute atomic E-state index is 0.0273. The number of nitrogens with zero attached hydrogens (tertiary/aromatic N) is 1. The third-order valence-electron chi connectivity index (χ3n) is 2.22. The van der Waals surface area contributed by atoms with E-state index in [4.69, 9.17) is 19.5 Å². The zero-order chi connectivity index (χ0) is 16.0. The van der Waals surface area contributed by atoms with E-state index in [-0.39, 0.29) is 17.9 Å². The molecule has 0 aromatic heterocycles. The normalized spacial score (nSPS) is 12.2. The average Bonchev–Trinajstić information content (AvgIpc) is 2.34. The second-order valence-electron chi connectivity index (χ2n) is 5.46. The third kappa shape index (κ3) is 6.13. The molecule has 1 aromatic rings. The Bertz CT molecular complexity index is 546. The summed E-state index contributed by atoms with van der Waals surface area (Å²) in [6.45, 7) is 6.84. The lowest BCUT2D eigenvalue weighted by Crippen LogP contribution is -2.29. The molecule has 0 aliphatic heterocycles. The number of carbonyl (C=O) groups is 1. The van der Waals surface area contributed by atoms with Crippen LogP contribution in [0.3, 0.4) is 0 Å².